The van der Waals surface area contributed by atoms with Crippen LogP contribution in [0.4, 0.5) is 5.69 Å². The zero-order valence-electron chi connectivity index (χ0n) is 12.4. The Labute approximate surface area is 112 Å². The maximum absolute atomic E-state index is 3.60. The van der Waals surface area contributed by atoms with Crippen molar-refractivity contribution in [2.24, 2.45) is 0 Å². The first-order chi connectivity index (χ1) is 8.69. The maximum atomic E-state index is 3.60. The molecule has 1 atom stereocenters. The van der Waals surface area contributed by atoms with Gasteiger partial charge >= 0.3 is 0 Å². The molecule has 0 aliphatic heterocycles. The zero-order chi connectivity index (χ0) is 13.4. The van der Waals surface area contributed by atoms with Crippen molar-refractivity contribution >= 4 is 5.69 Å². The zero-order valence-corrected chi connectivity index (χ0v) is 12.4. The summed E-state index contributed by atoms with van der Waals surface area (Å²) < 4.78 is 0. The van der Waals surface area contributed by atoms with E-state index < -0.39 is 0 Å². The molecule has 102 valence electrons. The third-order valence-electron chi connectivity index (χ3n) is 3.43. The summed E-state index contributed by atoms with van der Waals surface area (Å²) in [5.74, 6) is 0. The molecule has 2 nitrogen and oxygen atoms in total. The number of anilines is 1. The molecule has 0 spiro atoms. The van der Waals surface area contributed by atoms with Crippen LogP contribution in [0.3, 0.4) is 0 Å². The van der Waals surface area contributed by atoms with E-state index >= 15 is 0 Å². The van der Waals surface area contributed by atoms with Crippen molar-refractivity contribution in [3.8, 4) is 0 Å². The van der Waals surface area contributed by atoms with Gasteiger partial charge in [-0.2, -0.15) is 0 Å². The van der Waals surface area contributed by atoms with Crippen molar-refractivity contribution in [3.63, 3.8) is 0 Å². The lowest BCUT2D eigenvalue weighted by atomic mass is 10.1. The van der Waals surface area contributed by atoms with Gasteiger partial charge in [0.1, 0.15) is 0 Å². The summed E-state index contributed by atoms with van der Waals surface area (Å²) in [5.41, 5.74) is 2.73. The van der Waals surface area contributed by atoms with Crippen molar-refractivity contribution in [1.82, 2.24) is 5.32 Å². The number of hydrogen-bond donors (Lipinski definition) is 1. The molecule has 0 amide bonds. The van der Waals surface area contributed by atoms with Gasteiger partial charge in [-0.3, -0.25) is 0 Å². The molecule has 0 fully saturated rings. The molecule has 0 aliphatic rings. The van der Waals surface area contributed by atoms with Gasteiger partial charge in [0.2, 0.25) is 0 Å². The van der Waals surface area contributed by atoms with Crippen LogP contribution in [0.1, 0.15) is 39.2 Å². The van der Waals surface area contributed by atoms with Crippen molar-refractivity contribution < 1.29 is 0 Å². The van der Waals surface area contributed by atoms with E-state index in [4.69, 9.17) is 0 Å². The van der Waals surface area contributed by atoms with Gasteiger partial charge in [-0.05, 0) is 38.8 Å². The molecule has 1 rings (SSSR count). The number of rotatable bonds is 8. The van der Waals surface area contributed by atoms with E-state index in [9.17, 15) is 0 Å². The Balaban J connectivity index is 2.46. The number of hydrogen-bond acceptors (Lipinski definition) is 2. The van der Waals surface area contributed by atoms with Crippen LogP contribution in [0.5, 0.6) is 0 Å². The number of likely N-dealkylation sites (N-methyl/N-ethyl adjacent to an activating group) is 1. The average molecular weight is 248 g/mol. The highest BCUT2D eigenvalue weighted by Crippen LogP contribution is 2.18. The Bertz CT molecular complexity index is 336. The molecule has 0 saturated heterocycles. The van der Waals surface area contributed by atoms with E-state index in [1.165, 1.54) is 24.1 Å². The molecule has 1 unspecified atom stereocenters. The van der Waals surface area contributed by atoms with E-state index in [2.05, 4.69) is 62.2 Å². The molecule has 1 N–H and O–H groups in total. The van der Waals surface area contributed by atoms with Gasteiger partial charge in [0, 0.05) is 31.4 Å². The quantitative estimate of drug-likeness (QED) is 0.756. The third-order valence-corrected chi connectivity index (χ3v) is 3.43. The number of nitrogens with zero attached hydrogens (tertiary/aromatic N) is 1. The van der Waals surface area contributed by atoms with E-state index in [-0.39, 0.29) is 0 Å². The third kappa shape index (κ3) is 4.69. The molecule has 2 heteroatoms. The van der Waals surface area contributed by atoms with Crippen molar-refractivity contribution in [1.29, 1.82) is 0 Å². The largest absolute Gasteiger partial charge is 0.370 e. The summed E-state index contributed by atoms with van der Waals surface area (Å²) in [6.07, 6.45) is 2.51. The Morgan fingerprint density at radius 2 is 1.94 bits per heavy atom. The first-order valence-corrected chi connectivity index (χ1v) is 7.23. The molecule has 0 bridgehead atoms. The predicted octanol–water partition coefficient (Wildman–Crippen LogP) is 3.60. The molecule has 18 heavy (non-hydrogen) atoms. The molecule has 0 saturated carbocycles. The van der Waals surface area contributed by atoms with Crippen LogP contribution in [0.2, 0.25) is 0 Å². The van der Waals surface area contributed by atoms with Crippen LogP contribution in [0.25, 0.3) is 0 Å². The first-order valence-electron chi connectivity index (χ1n) is 7.23. The van der Waals surface area contributed by atoms with E-state index in [1.807, 2.05) is 0 Å². The fraction of sp³-hybridized carbons (Fsp3) is 0.625. The molecular formula is C16H28N2. The predicted molar refractivity (Wildman–Crippen MR) is 81.4 cm³/mol. The van der Waals surface area contributed by atoms with Crippen LogP contribution in [-0.4, -0.2) is 25.7 Å². The Kier molecular flexibility index (Phi) is 6.81. The Morgan fingerprint density at radius 3 is 2.56 bits per heavy atom. The standard InChI is InChI=1S/C16H28N2/c1-5-9-15(4)17-12-13-18(6-2)16-11-8-7-10-14(16)3/h7-8,10-11,15,17H,5-6,9,12-13H2,1-4H3. The smallest absolute Gasteiger partial charge is 0.0396 e. The van der Waals surface area contributed by atoms with Crippen LogP contribution in [0, 0.1) is 6.92 Å². The molecule has 1 aromatic carbocycles. The second-order valence-corrected chi connectivity index (χ2v) is 5.01. The summed E-state index contributed by atoms with van der Waals surface area (Å²) in [7, 11) is 0. The van der Waals surface area contributed by atoms with Gasteiger partial charge in [-0.25, -0.2) is 0 Å². The number of benzene rings is 1. The summed E-state index contributed by atoms with van der Waals surface area (Å²) in [5, 5.41) is 3.60. The van der Waals surface area contributed by atoms with Gasteiger partial charge in [0.25, 0.3) is 0 Å². The highest BCUT2D eigenvalue weighted by molar-refractivity contribution is 5.52. The normalized spacial score (nSPS) is 12.4. The van der Waals surface area contributed by atoms with Crippen molar-refractivity contribution in [3.05, 3.63) is 29.8 Å². The van der Waals surface area contributed by atoms with Crippen LogP contribution >= 0.6 is 0 Å². The second-order valence-electron chi connectivity index (χ2n) is 5.01. The maximum Gasteiger partial charge on any atom is 0.0396 e. The molecule has 1 aromatic rings. The van der Waals surface area contributed by atoms with Gasteiger partial charge in [-0.1, -0.05) is 31.5 Å². The van der Waals surface area contributed by atoms with Crippen LogP contribution < -0.4 is 10.2 Å². The topological polar surface area (TPSA) is 15.3 Å². The SMILES string of the molecule is CCCC(C)NCCN(CC)c1ccccc1C. The van der Waals surface area contributed by atoms with Crippen molar-refractivity contribution in [2.45, 2.75) is 46.6 Å². The summed E-state index contributed by atoms with van der Waals surface area (Å²) in [4.78, 5) is 2.45. The lowest BCUT2D eigenvalue weighted by Gasteiger charge is -2.26. The van der Waals surface area contributed by atoms with E-state index in [0.717, 1.165) is 19.6 Å². The molecule has 0 radical (unpaired) electrons. The minimum atomic E-state index is 0.630. The highest BCUT2D eigenvalue weighted by Gasteiger charge is 2.07. The lowest BCUT2D eigenvalue weighted by Crippen LogP contribution is -2.36. The fourth-order valence-electron chi connectivity index (χ4n) is 2.35. The van der Waals surface area contributed by atoms with Crippen molar-refractivity contribution in [2.75, 3.05) is 24.5 Å². The van der Waals surface area contributed by atoms with Gasteiger partial charge < -0.3 is 10.2 Å². The highest BCUT2D eigenvalue weighted by atomic mass is 15.1. The summed E-state index contributed by atoms with van der Waals surface area (Å²) in [6, 6.07) is 9.26. The monoisotopic (exact) mass is 248 g/mol. The minimum Gasteiger partial charge on any atom is -0.370 e. The second kappa shape index (κ2) is 8.15. The van der Waals surface area contributed by atoms with Gasteiger partial charge in [-0.15, -0.1) is 0 Å². The Hall–Kier alpha value is -1.02. The molecule has 0 aliphatic carbocycles. The van der Waals surface area contributed by atoms with Crippen LogP contribution in [-0.2, 0) is 0 Å². The lowest BCUT2D eigenvalue weighted by molar-refractivity contribution is 0.510. The number of para-hydroxylation sites is 1. The minimum absolute atomic E-state index is 0.630. The summed E-state index contributed by atoms with van der Waals surface area (Å²) in [6.45, 7) is 12.1. The van der Waals surface area contributed by atoms with Gasteiger partial charge in [0.15, 0.2) is 0 Å². The number of nitrogens with one attached hydrogen (secondary N) is 1. The summed E-state index contributed by atoms with van der Waals surface area (Å²) >= 11 is 0. The number of aryl methyl sites for hydroxylation is 1. The fourth-order valence-corrected chi connectivity index (χ4v) is 2.35. The molecule has 0 heterocycles. The average Bonchev–Trinajstić information content (AvgIpc) is 2.36. The Morgan fingerprint density at radius 1 is 1.22 bits per heavy atom. The molecular weight excluding hydrogens is 220 g/mol. The molecule has 0 aromatic heterocycles. The van der Waals surface area contributed by atoms with E-state index in [0.29, 0.717) is 6.04 Å². The van der Waals surface area contributed by atoms with E-state index in [1.54, 1.807) is 0 Å². The first kappa shape index (κ1) is 15.0. The van der Waals surface area contributed by atoms with Crippen LogP contribution in [0.15, 0.2) is 24.3 Å². The van der Waals surface area contributed by atoms with Gasteiger partial charge in [0.05, 0.1) is 0 Å².